The summed E-state index contributed by atoms with van der Waals surface area (Å²) in [4.78, 5) is 24.1. The van der Waals surface area contributed by atoms with Gasteiger partial charge in [0.25, 0.3) is 5.91 Å². The zero-order valence-corrected chi connectivity index (χ0v) is 19.3. The van der Waals surface area contributed by atoms with Gasteiger partial charge in [0.2, 0.25) is 0 Å². The van der Waals surface area contributed by atoms with Crippen molar-refractivity contribution in [2.24, 2.45) is 0 Å². The van der Waals surface area contributed by atoms with Crippen LogP contribution in [-0.4, -0.2) is 28.4 Å². The fourth-order valence-corrected chi connectivity index (χ4v) is 3.36. The Labute approximate surface area is 203 Å². The Morgan fingerprint density at radius 2 is 1.66 bits per heavy atom. The molecule has 0 aromatic heterocycles. The Balaban J connectivity index is 1.85. The first-order chi connectivity index (χ1) is 16.9. The lowest BCUT2D eigenvalue weighted by Crippen LogP contribution is -2.31. The number of carbonyl (C=O) groups is 2. The summed E-state index contributed by atoms with van der Waals surface area (Å²) in [7, 11) is 0. The predicted octanol–water partition coefficient (Wildman–Crippen LogP) is 5.28. The molecule has 0 fully saturated rings. The molecule has 0 spiro atoms. The van der Waals surface area contributed by atoms with Crippen molar-refractivity contribution in [3.05, 3.63) is 102 Å². The molecule has 8 heteroatoms. The molecule has 3 rings (SSSR count). The number of benzene rings is 3. The van der Waals surface area contributed by atoms with E-state index in [0.717, 1.165) is 5.56 Å². The van der Waals surface area contributed by atoms with E-state index < -0.39 is 24.2 Å². The number of hydrogen-bond acceptors (Lipinski definition) is 6. The van der Waals surface area contributed by atoms with Crippen LogP contribution in [0.4, 0.5) is 10.5 Å². The highest BCUT2D eigenvalue weighted by Crippen LogP contribution is 2.30. The molecule has 0 saturated carbocycles. The third-order valence-electron chi connectivity index (χ3n) is 5.12. The number of hydroxylamine groups is 1. The van der Waals surface area contributed by atoms with Crippen LogP contribution in [0.3, 0.4) is 0 Å². The van der Waals surface area contributed by atoms with E-state index in [0.29, 0.717) is 29.8 Å². The standard InChI is InChI=1S/C27H28N2O6/c1-19-11-15-21(16-12-19)28-27(32)35-26(20-13-17-22(30)18-14-20)24(9-5-6-10-25(31)29-33)34-23-7-3-2-4-8-23/h2-4,6-8,10-18,24,26,30,33H,5,9H2,1H3,(H,28,32)(H,29,31)/b10-6+/t24-,26-/m1/s1. The lowest BCUT2D eigenvalue weighted by molar-refractivity contribution is -0.124. The van der Waals surface area contributed by atoms with Gasteiger partial charge in [0.15, 0.2) is 6.10 Å². The fourth-order valence-electron chi connectivity index (χ4n) is 3.36. The number of nitrogens with one attached hydrogen (secondary N) is 2. The molecule has 0 saturated heterocycles. The Morgan fingerprint density at radius 1 is 0.971 bits per heavy atom. The van der Waals surface area contributed by atoms with E-state index in [2.05, 4.69) is 5.32 Å². The van der Waals surface area contributed by atoms with Gasteiger partial charge in [-0.15, -0.1) is 0 Å². The van der Waals surface area contributed by atoms with Crippen molar-refractivity contribution in [3.63, 3.8) is 0 Å². The van der Waals surface area contributed by atoms with Crippen LogP contribution >= 0.6 is 0 Å². The molecule has 0 radical (unpaired) electrons. The molecule has 35 heavy (non-hydrogen) atoms. The second-order valence-corrected chi connectivity index (χ2v) is 7.83. The summed E-state index contributed by atoms with van der Waals surface area (Å²) in [6.45, 7) is 1.95. The van der Waals surface area contributed by atoms with E-state index >= 15 is 0 Å². The monoisotopic (exact) mass is 476 g/mol. The summed E-state index contributed by atoms with van der Waals surface area (Å²) < 4.78 is 12.1. The van der Waals surface area contributed by atoms with Crippen LogP contribution in [0.5, 0.6) is 11.5 Å². The van der Waals surface area contributed by atoms with Crippen molar-refractivity contribution in [3.8, 4) is 11.5 Å². The van der Waals surface area contributed by atoms with Crippen molar-refractivity contribution in [2.75, 3.05) is 5.32 Å². The van der Waals surface area contributed by atoms with E-state index in [1.165, 1.54) is 18.2 Å². The van der Waals surface area contributed by atoms with Crippen molar-refractivity contribution < 1.29 is 29.4 Å². The van der Waals surface area contributed by atoms with E-state index in [4.69, 9.17) is 14.7 Å². The van der Waals surface area contributed by atoms with Gasteiger partial charge in [-0.25, -0.2) is 10.3 Å². The van der Waals surface area contributed by atoms with Gasteiger partial charge in [-0.1, -0.05) is 54.1 Å². The number of phenols is 1. The minimum Gasteiger partial charge on any atom is -0.508 e. The smallest absolute Gasteiger partial charge is 0.412 e. The van der Waals surface area contributed by atoms with Gasteiger partial charge in [0, 0.05) is 11.8 Å². The average molecular weight is 477 g/mol. The third kappa shape index (κ3) is 8.21. The maximum Gasteiger partial charge on any atom is 0.412 e. The van der Waals surface area contributed by atoms with E-state index in [-0.39, 0.29) is 5.75 Å². The molecule has 4 N–H and O–H groups in total. The summed E-state index contributed by atoms with van der Waals surface area (Å²) in [6, 6.07) is 22.8. The zero-order valence-electron chi connectivity index (χ0n) is 19.3. The second kappa shape index (κ2) is 12.8. The second-order valence-electron chi connectivity index (χ2n) is 7.83. The molecule has 0 aliphatic heterocycles. The molecule has 2 amide bonds. The lowest BCUT2D eigenvalue weighted by Gasteiger charge is -2.28. The molecule has 0 aliphatic carbocycles. The zero-order chi connectivity index (χ0) is 25.0. The topological polar surface area (TPSA) is 117 Å². The number of phenolic OH excluding ortho intramolecular Hbond substituents is 1. The summed E-state index contributed by atoms with van der Waals surface area (Å²) in [5.74, 6) is 0.0188. The van der Waals surface area contributed by atoms with Gasteiger partial charge in [-0.3, -0.25) is 15.3 Å². The van der Waals surface area contributed by atoms with Crippen LogP contribution in [-0.2, 0) is 9.53 Å². The van der Waals surface area contributed by atoms with Gasteiger partial charge in [0.1, 0.15) is 17.6 Å². The number of amides is 2. The predicted molar refractivity (Wildman–Crippen MR) is 131 cm³/mol. The third-order valence-corrected chi connectivity index (χ3v) is 5.12. The Hall–Kier alpha value is -4.30. The first-order valence-corrected chi connectivity index (χ1v) is 11.1. The quantitative estimate of drug-likeness (QED) is 0.180. The molecular weight excluding hydrogens is 448 g/mol. The number of carbonyl (C=O) groups excluding carboxylic acids is 2. The van der Waals surface area contributed by atoms with Gasteiger partial charge in [-0.05, 0) is 61.7 Å². The lowest BCUT2D eigenvalue weighted by atomic mass is 10.00. The molecule has 0 aliphatic rings. The van der Waals surface area contributed by atoms with E-state index in [1.807, 2.05) is 37.3 Å². The fraction of sp³-hybridized carbons (Fsp3) is 0.185. The molecule has 0 heterocycles. The van der Waals surface area contributed by atoms with Crippen LogP contribution in [0.25, 0.3) is 0 Å². The van der Waals surface area contributed by atoms with Gasteiger partial charge >= 0.3 is 6.09 Å². The minimum atomic E-state index is -0.832. The SMILES string of the molecule is Cc1ccc(NC(=O)O[C@H](c2ccc(O)cc2)[C@@H](CC/C=C/C(=O)NO)Oc2ccccc2)cc1. The first-order valence-electron chi connectivity index (χ1n) is 11.1. The number of anilines is 1. The van der Waals surface area contributed by atoms with Crippen LogP contribution in [0.2, 0.25) is 0 Å². The summed E-state index contributed by atoms with van der Waals surface area (Å²) in [5, 5.41) is 21.1. The maximum absolute atomic E-state index is 12.8. The molecule has 182 valence electrons. The highest BCUT2D eigenvalue weighted by atomic mass is 16.6. The van der Waals surface area contributed by atoms with Crippen LogP contribution in [0.1, 0.15) is 30.1 Å². The highest BCUT2D eigenvalue weighted by Gasteiger charge is 2.29. The molecule has 3 aromatic carbocycles. The minimum absolute atomic E-state index is 0.0788. The van der Waals surface area contributed by atoms with E-state index in [1.54, 1.807) is 48.0 Å². The van der Waals surface area contributed by atoms with Crippen LogP contribution < -0.4 is 15.5 Å². The largest absolute Gasteiger partial charge is 0.508 e. The highest BCUT2D eigenvalue weighted by molar-refractivity contribution is 5.86. The van der Waals surface area contributed by atoms with Gasteiger partial charge in [0.05, 0.1) is 0 Å². The normalized spacial score (nSPS) is 12.5. The number of allylic oxidation sites excluding steroid dienone is 1. The van der Waals surface area contributed by atoms with Crippen molar-refractivity contribution >= 4 is 17.7 Å². The van der Waals surface area contributed by atoms with Crippen molar-refractivity contribution in [2.45, 2.75) is 32.0 Å². The van der Waals surface area contributed by atoms with Gasteiger partial charge < -0.3 is 14.6 Å². The first kappa shape index (κ1) is 25.3. The van der Waals surface area contributed by atoms with Crippen molar-refractivity contribution in [1.29, 1.82) is 0 Å². The van der Waals surface area contributed by atoms with Crippen LogP contribution in [0, 0.1) is 6.92 Å². The van der Waals surface area contributed by atoms with E-state index in [9.17, 15) is 14.7 Å². The maximum atomic E-state index is 12.8. The Kier molecular flexibility index (Phi) is 9.27. The Morgan fingerprint density at radius 3 is 2.31 bits per heavy atom. The number of aromatic hydroxyl groups is 1. The van der Waals surface area contributed by atoms with Crippen molar-refractivity contribution in [1.82, 2.24) is 5.48 Å². The summed E-state index contributed by atoms with van der Waals surface area (Å²) in [6.07, 6.45) is 1.46. The number of para-hydroxylation sites is 1. The molecule has 0 bridgehead atoms. The summed E-state index contributed by atoms with van der Waals surface area (Å²) >= 11 is 0. The molecule has 8 nitrogen and oxygen atoms in total. The number of hydrogen-bond donors (Lipinski definition) is 4. The molecule has 0 unspecified atom stereocenters. The number of rotatable bonds is 10. The average Bonchev–Trinajstić information content (AvgIpc) is 2.87. The van der Waals surface area contributed by atoms with Crippen LogP contribution in [0.15, 0.2) is 91.0 Å². The Bertz CT molecular complexity index is 1110. The van der Waals surface area contributed by atoms with Gasteiger partial charge in [-0.2, -0.15) is 0 Å². The number of aryl methyl sites for hydroxylation is 1. The molecule has 3 aromatic rings. The summed E-state index contributed by atoms with van der Waals surface area (Å²) in [5.41, 5.74) is 3.81. The molecular formula is C27H28N2O6. The molecule has 2 atom stereocenters. The number of ether oxygens (including phenoxy) is 2.